The van der Waals surface area contributed by atoms with Gasteiger partial charge in [0.2, 0.25) is 5.91 Å². The van der Waals surface area contributed by atoms with Crippen molar-refractivity contribution in [3.05, 3.63) is 0 Å². The summed E-state index contributed by atoms with van der Waals surface area (Å²) in [6.07, 6.45) is 2.39. The van der Waals surface area contributed by atoms with Crippen LogP contribution in [0.4, 0.5) is 0 Å². The molecule has 0 atom stereocenters. The third kappa shape index (κ3) is 3.16. The first-order valence-electron chi connectivity index (χ1n) is 6.61. The molecule has 1 amide bonds. The molecule has 0 aromatic rings. The molecular formula is C13H22ClNO3. The average molecular weight is 276 g/mol. The van der Waals surface area contributed by atoms with Gasteiger partial charge in [0, 0.05) is 19.0 Å². The van der Waals surface area contributed by atoms with Crippen LogP contribution in [0, 0.1) is 5.41 Å². The summed E-state index contributed by atoms with van der Waals surface area (Å²) in [4.78, 5) is 14.1. The largest absolute Gasteiger partial charge is 0.376 e. The monoisotopic (exact) mass is 275 g/mol. The van der Waals surface area contributed by atoms with E-state index >= 15 is 0 Å². The number of likely N-dealkylation sites (tertiary alicyclic amines) is 1. The quantitative estimate of drug-likeness (QED) is 0.733. The van der Waals surface area contributed by atoms with Gasteiger partial charge in [0.25, 0.3) is 0 Å². The van der Waals surface area contributed by atoms with Crippen LogP contribution in [0.1, 0.15) is 26.7 Å². The molecule has 0 spiro atoms. The second kappa shape index (κ2) is 5.76. The molecule has 18 heavy (non-hydrogen) atoms. The Morgan fingerprint density at radius 1 is 1.33 bits per heavy atom. The van der Waals surface area contributed by atoms with E-state index in [1.807, 2.05) is 18.7 Å². The van der Waals surface area contributed by atoms with Crippen LogP contribution >= 0.6 is 11.6 Å². The predicted molar refractivity (Wildman–Crippen MR) is 69.8 cm³/mol. The van der Waals surface area contributed by atoms with Gasteiger partial charge in [-0.05, 0) is 26.7 Å². The Morgan fingerprint density at radius 2 is 1.94 bits per heavy atom. The fourth-order valence-corrected chi connectivity index (χ4v) is 2.36. The fraction of sp³-hybridized carbons (Fsp3) is 0.923. The summed E-state index contributed by atoms with van der Waals surface area (Å²) >= 11 is 5.85. The lowest BCUT2D eigenvalue weighted by Gasteiger charge is -2.38. The summed E-state index contributed by atoms with van der Waals surface area (Å²) in [5.74, 6) is 0.518. The lowest BCUT2D eigenvalue weighted by Crippen LogP contribution is -2.48. The van der Waals surface area contributed by atoms with Crippen LogP contribution in [-0.2, 0) is 14.3 Å². The zero-order valence-electron chi connectivity index (χ0n) is 11.2. The molecular weight excluding hydrogens is 254 g/mol. The highest BCUT2D eigenvalue weighted by Gasteiger charge is 2.34. The number of amides is 1. The van der Waals surface area contributed by atoms with Crippen LogP contribution < -0.4 is 0 Å². The number of carbonyl (C=O) groups excluding carboxylic acids is 1. The van der Waals surface area contributed by atoms with Crippen molar-refractivity contribution in [1.82, 2.24) is 4.90 Å². The Kier molecular flexibility index (Phi) is 4.51. The first kappa shape index (κ1) is 14.1. The van der Waals surface area contributed by atoms with Crippen molar-refractivity contribution in [3.8, 4) is 0 Å². The molecule has 4 nitrogen and oxygen atoms in total. The van der Waals surface area contributed by atoms with Crippen LogP contribution in [0.2, 0.25) is 0 Å². The number of alkyl halides is 1. The summed E-state index contributed by atoms with van der Waals surface area (Å²) in [6, 6.07) is 0. The van der Waals surface area contributed by atoms with Crippen molar-refractivity contribution in [2.75, 3.05) is 32.2 Å². The Hall–Kier alpha value is -0.320. The number of halogens is 1. The molecule has 0 bridgehead atoms. The van der Waals surface area contributed by atoms with Gasteiger partial charge < -0.3 is 14.4 Å². The second-order valence-electron chi connectivity index (χ2n) is 5.80. The van der Waals surface area contributed by atoms with E-state index in [4.69, 9.17) is 21.1 Å². The summed E-state index contributed by atoms with van der Waals surface area (Å²) in [5.41, 5.74) is -0.461. The van der Waals surface area contributed by atoms with Gasteiger partial charge in [0.05, 0.1) is 24.7 Å². The highest BCUT2D eigenvalue weighted by Crippen LogP contribution is 2.25. The maximum Gasteiger partial charge on any atom is 0.229 e. The minimum absolute atomic E-state index is 0.155. The molecule has 2 fully saturated rings. The Bertz CT molecular complexity index is 297. The zero-order chi connectivity index (χ0) is 13.2. The van der Waals surface area contributed by atoms with Gasteiger partial charge >= 0.3 is 0 Å². The van der Waals surface area contributed by atoms with E-state index in [0.717, 1.165) is 39.1 Å². The smallest absolute Gasteiger partial charge is 0.229 e. The third-order valence-corrected chi connectivity index (χ3v) is 4.30. The van der Waals surface area contributed by atoms with E-state index < -0.39 is 5.41 Å². The first-order valence-corrected chi connectivity index (χ1v) is 7.15. The number of nitrogens with zero attached hydrogens (tertiary/aromatic N) is 1. The van der Waals surface area contributed by atoms with Gasteiger partial charge in [-0.2, -0.15) is 0 Å². The highest BCUT2D eigenvalue weighted by molar-refractivity contribution is 6.19. The van der Waals surface area contributed by atoms with Crippen LogP contribution in [-0.4, -0.2) is 55.2 Å². The SMILES string of the molecule is CC(C)(CCl)C(=O)N1CCC(OC2COC2)CC1. The maximum absolute atomic E-state index is 12.2. The van der Waals surface area contributed by atoms with E-state index in [-0.39, 0.29) is 18.1 Å². The van der Waals surface area contributed by atoms with Crippen LogP contribution in [0.15, 0.2) is 0 Å². The van der Waals surface area contributed by atoms with E-state index in [9.17, 15) is 4.79 Å². The number of piperidine rings is 1. The number of rotatable bonds is 4. The number of carbonyl (C=O) groups is 1. The maximum atomic E-state index is 12.2. The van der Waals surface area contributed by atoms with Crippen LogP contribution in [0.3, 0.4) is 0 Å². The average Bonchev–Trinajstić information content (AvgIpc) is 2.33. The molecule has 0 unspecified atom stereocenters. The van der Waals surface area contributed by atoms with Crippen LogP contribution in [0.5, 0.6) is 0 Å². The molecule has 0 aliphatic carbocycles. The number of hydrogen-bond donors (Lipinski definition) is 0. The van der Waals surface area contributed by atoms with Crippen molar-refractivity contribution >= 4 is 17.5 Å². The molecule has 2 aliphatic rings. The van der Waals surface area contributed by atoms with Crippen molar-refractivity contribution in [3.63, 3.8) is 0 Å². The second-order valence-corrected chi connectivity index (χ2v) is 6.07. The minimum atomic E-state index is -0.461. The molecule has 2 saturated heterocycles. The molecule has 0 saturated carbocycles. The van der Waals surface area contributed by atoms with Crippen molar-refractivity contribution in [1.29, 1.82) is 0 Å². The predicted octanol–water partition coefficient (Wildman–Crippen LogP) is 1.66. The Morgan fingerprint density at radius 3 is 2.39 bits per heavy atom. The van der Waals surface area contributed by atoms with Gasteiger partial charge in [-0.15, -0.1) is 11.6 Å². The normalized spacial score (nSPS) is 22.9. The van der Waals surface area contributed by atoms with Gasteiger partial charge in [-0.25, -0.2) is 0 Å². The van der Waals surface area contributed by atoms with Gasteiger partial charge in [-0.1, -0.05) is 0 Å². The standard InChI is InChI=1S/C13H22ClNO3/c1-13(2,9-14)12(16)15-5-3-10(4-6-15)18-11-7-17-8-11/h10-11H,3-9H2,1-2H3. The molecule has 0 aromatic carbocycles. The summed E-state index contributed by atoms with van der Waals surface area (Å²) in [5, 5.41) is 0. The van der Waals surface area contributed by atoms with Gasteiger partial charge in [0.1, 0.15) is 6.10 Å². The number of ether oxygens (including phenoxy) is 2. The van der Waals surface area contributed by atoms with E-state index in [2.05, 4.69) is 0 Å². The van der Waals surface area contributed by atoms with Crippen molar-refractivity contribution in [2.24, 2.45) is 5.41 Å². The lowest BCUT2D eigenvalue weighted by atomic mass is 9.93. The third-order valence-electron chi connectivity index (χ3n) is 3.63. The van der Waals surface area contributed by atoms with E-state index in [1.165, 1.54) is 0 Å². The van der Waals surface area contributed by atoms with Crippen molar-refractivity contribution in [2.45, 2.75) is 38.9 Å². The Balaban J connectivity index is 1.77. The van der Waals surface area contributed by atoms with Gasteiger partial charge in [-0.3, -0.25) is 4.79 Å². The zero-order valence-corrected chi connectivity index (χ0v) is 11.9. The number of hydrogen-bond acceptors (Lipinski definition) is 3. The summed E-state index contributed by atoms with van der Waals surface area (Å²) < 4.78 is 11.0. The van der Waals surface area contributed by atoms with Gasteiger partial charge in [0.15, 0.2) is 0 Å². The molecule has 2 rings (SSSR count). The first-order chi connectivity index (χ1) is 8.53. The summed E-state index contributed by atoms with van der Waals surface area (Å²) in [6.45, 7) is 6.79. The molecule has 0 aromatic heterocycles. The minimum Gasteiger partial charge on any atom is -0.376 e. The molecule has 0 radical (unpaired) electrons. The molecule has 0 N–H and O–H groups in total. The van der Waals surface area contributed by atoms with E-state index in [1.54, 1.807) is 0 Å². The molecule has 5 heteroatoms. The molecule has 2 aliphatic heterocycles. The lowest BCUT2D eigenvalue weighted by molar-refractivity contribution is -0.166. The molecule has 2 heterocycles. The topological polar surface area (TPSA) is 38.8 Å². The van der Waals surface area contributed by atoms with E-state index in [0.29, 0.717) is 5.88 Å². The van der Waals surface area contributed by atoms with Crippen molar-refractivity contribution < 1.29 is 14.3 Å². The fourth-order valence-electron chi connectivity index (χ4n) is 2.24. The molecule has 104 valence electrons. The highest BCUT2D eigenvalue weighted by atomic mass is 35.5. The Labute approximate surface area is 114 Å². The van der Waals surface area contributed by atoms with Crippen LogP contribution in [0.25, 0.3) is 0 Å². The summed E-state index contributed by atoms with van der Waals surface area (Å²) in [7, 11) is 0.